The van der Waals surface area contributed by atoms with Crippen LogP contribution in [0.25, 0.3) is 11.0 Å². The minimum atomic E-state index is -1.23. The molecule has 0 saturated heterocycles. The largest absolute Gasteiger partial charge is 0.307 e. The standard InChI is InChI=1S/C24H29BrF2N2OS/c1-14(2)31(15(3)4,16(5)6)29-8-7-21-22(29)13-20(25)24(28-21)23(30)11-17-9-18(26)12-19(27)10-17/h7-10,12-16H,11H2,1-6H3. The molecule has 0 aliphatic rings. The number of aromatic nitrogens is 2. The number of hydrogen-bond acceptors (Lipinski definition) is 2. The molecule has 3 aromatic rings. The number of halogens is 3. The van der Waals surface area contributed by atoms with E-state index in [1.54, 1.807) is 0 Å². The zero-order valence-corrected chi connectivity index (χ0v) is 21.2. The highest BCUT2D eigenvalue weighted by molar-refractivity contribution is 9.10. The highest BCUT2D eigenvalue weighted by Crippen LogP contribution is 2.62. The van der Waals surface area contributed by atoms with Crippen molar-refractivity contribution in [3.8, 4) is 0 Å². The van der Waals surface area contributed by atoms with E-state index >= 15 is 0 Å². The number of ketones is 1. The summed E-state index contributed by atoms with van der Waals surface area (Å²) in [6.07, 6.45) is 1.97. The molecule has 168 valence electrons. The average Bonchev–Trinajstić information content (AvgIpc) is 3.02. The van der Waals surface area contributed by atoms with Crippen molar-refractivity contribution in [2.75, 3.05) is 0 Å². The number of carbonyl (C=O) groups excluding carboxylic acids is 1. The lowest BCUT2D eigenvalue weighted by atomic mass is 10.1. The Morgan fingerprint density at radius 2 is 1.55 bits per heavy atom. The van der Waals surface area contributed by atoms with Gasteiger partial charge in [0.2, 0.25) is 0 Å². The van der Waals surface area contributed by atoms with Gasteiger partial charge in [-0.2, -0.15) is 10.2 Å². The molecule has 0 fully saturated rings. The summed E-state index contributed by atoms with van der Waals surface area (Å²) in [5.41, 5.74) is 2.30. The summed E-state index contributed by atoms with van der Waals surface area (Å²) >= 11 is 3.52. The molecule has 31 heavy (non-hydrogen) atoms. The van der Waals surface area contributed by atoms with Crippen molar-refractivity contribution in [2.45, 2.75) is 63.7 Å². The van der Waals surface area contributed by atoms with Gasteiger partial charge >= 0.3 is 0 Å². The smallest absolute Gasteiger partial charge is 0.186 e. The molecular formula is C24H29BrF2N2OS. The fraction of sp³-hybridized carbons (Fsp3) is 0.417. The van der Waals surface area contributed by atoms with Crippen LogP contribution in [0.4, 0.5) is 8.78 Å². The van der Waals surface area contributed by atoms with Crippen LogP contribution in [-0.4, -0.2) is 30.5 Å². The van der Waals surface area contributed by atoms with Crippen LogP contribution in [0.15, 0.2) is 41.0 Å². The number of fused-ring (bicyclic) bond motifs is 1. The first-order valence-corrected chi connectivity index (χ1v) is 13.0. The number of hydrogen-bond donors (Lipinski definition) is 0. The van der Waals surface area contributed by atoms with Crippen molar-refractivity contribution >= 4 is 43.0 Å². The molecule has 0 spiro atoms. The van der Waals surface area contributed by atoms with Gasteiger partial charge in [0.25, 0.3) is 0 Å². The Morgan fingerprint density at radius 3 is 2.06 bits per heavy atom. The maximum absolute atomic E-state index is 13.5. The predicted octanol–water partition coefficient (Wildman–Crippen LogP) is 7.30. The molecule has 0 atom stereocenters. The Kier molecular flexibility index (Phi) is 6.96. The van der Waals surface area contributed by atoms with Gasteiger partial charge in [-0.3, -0.25) is 4.79 Å². The molecule has 0 aliphatic carbocycles. The summed E-state index contributed by atoms with van der Waals surface area (Å²) in [6, 6.07) is 7.06. The van der Waals surface area contributed by atoms with Crippen LogP contribution in [0, 0.1) is 11.6 Å². The van der Waals surface area contributed by atoms with E-state index in [4.69, 9.17) is 0 Å². The lowest BCUT2D eigenvalue weighted by Gasteiger charge is -2.52. The van der Waals surface area contributed by atoms with Crippen molar-refractivity contribution in [3.05, 3.63) is 63.9 Å². The highest BCUT2D eigenvalue weighted by atomic mass is 79.9. The molecule has 0 saturated carbocycles. The minimum Gasteiger partial charge on any atom is -0.307 e. The van der Waals surface area contributed by atoms with Gasteiger partial charge in [0.15, 0.2) is 5.78 Å². The summed E-state index contributed by atoms with van der Waals surface area (Å²) in [4.78, 5) is 17.5. The summed E-state index contributed by atoms with van der Waals surface area (Å²) in [6.45, 7) is 13.7. The first-order valence-electron chi connectivity index (χ1n) is 10.4. The van der Waals surface area contributed by atoms with Gasteiger partial charge in [0, 0.05) is 38.9 Å². The Bertz CT molecular complexity index is 1080. The first kappa shape index (κ1) is 23.9. The summed E-state index contributed by atoms with van der Waals surface area (Å²) in [5, 5.41) is 1.39. The fourth-order valence-corrected chi connectivity index (χ4v) is 10.7. The molecular weight excluding hydrogens is 482 g/mol. The van der Waals surface area contributed by atoms with Crippen molar-refractivity contribution in [1.82, 2.24) is 8.96 Å². The van der Waals surface area contributed by atoms with Crippen LogP contribution < -0.4 is 0 Å². The van der Waals surface area contributed by atoms with Crippen LogP contribution in [-0.2, 0) is 6.42 Å². The lowest BCUT2D eigenvalue weighted by Crippen LogP contribution is -2.33. The third-order valence-electron chi connectivity index (χ3n) is 5.75. The second-order valence-corrected chi connectivity index (χ2v) is 14.1. The van der Waals surface area contributed by atoms with E-state index in [0.717, 1.165) is 17.1 Å². The van der Waals surface area contributed by atoms with Gasteiger partial charge < -0.3 is 3.97 Å². The average molecular weight is 511 g/mol. The topological polar surface area (TPSA) is 34.9 Å². The number of rotatable bonds is 7. The zero-order chi connectivity index (χ0) is 23.1. The maximum atomic E-state index is 13.5. The van der Waals surface area contributed by atoms with E-state index in [0.29, 0.717) is 20.2 Å². The van der Waals surface area contributed by atoms with Crippen LogP contribution in [0.1, 0.15) is 57.6 Å². The quantitative estimate of drug-likeness (QED) is 0.312. The molecule has 1 aromatic carbocycles. The SMILES string of the molecule is CC(C)S(C(C)C)(C(C)C)n1ccc2nc(C(=O)Cc3cc(F)cc(F)c3)c(Br)cc21. The normalized spacial score (nSPS) is 13.0. The second-order valence-electron chi connectivity index (χ2n) is 8.61. The van der Waals surface area contributed by atoms with E-state index in [-0.39, 0.29) is 23.5 Å². The summed E-state index contributed by atoms with van der Waals surface area (Å²) in [5.74, 6) is -1.68. The maximum Gasteiger partial charge on any atom is 0.186 e. The van der Waals surface area contributed by atoms with Gasteiger partial charge in [-0.25, -0.2) is 13.8 Å². The molecule has 7 heteroatoms. The van der Waals surface area contributed by atoms with Crippen molar-refractivity contribution in [3.63, 3.8) is 0 Å². The third kappa shape index (κ3) is 4.31. The van der Waals surface area contributed by atoms with Crippen LogP contribution in [0.3, 0.4) is 0 Å². The Hall–Kier alpha value is -1.73. The number of pyridine rings is 1. The van der Waals surface area contributed by atoms with Crippen molar-refractivity contribution in [2.24, 2.45) is 0 Å². The predicted molar refractivity (Wildman–Crippen MR) is 130 cm³/mol. The van der Waals surface area contributed by atoms with E-state index in [1.807, 2.05) is 12.1 Å². The molecule has 0 radical (unpaired) electrons. The van der Waals surface area contributed by atoms with Gasteiger partial charge in [0.1, 0.15) is 17.3 Å². The van der Waals surface area contributed by atoms with Crippen molar-refractivity contribution < 1.29 is 13.6 Å². The minimum absolute atomic E-state index is 0.119. The molecule has 0 bridgehead atoms. The first-order chi connectivity index (χ1) is 14.5. The summed E-state index contributed by atoms with van der Waals surface area (Å²) in [7, 11) is -1.23. The van der Waals surface area contributed by atoms with Gasteiger partial charge in [-0.05, 0) is 45.8 Å². The molecule has 3 nitrogen and oxygen atoms in total. The van der Waals surface area contributed by atoms with E-state index in [2.05, 4.69) is 72.6 Å². The number of benzene rings is 1. The Labute approximate surface area is 192 Å². The number of carbonyl (C=O) groups is 1. The monoisotopic (exact) mass is 510 g/mol. The van der Waals surface area contributed by atoms with Gasteiger partial charge in [-0.1, -0.05) is 41.5 Å². The number of nitrogens with zero attached hydrogens (tertiary/aromatic N) is 2. The fourth-order valence-electron chi connectivity index (χ4n) is 4.78. The third-order valence-corrected chi connectivity index (χ3v) is 11.9. The lowest BCUT2D eigenvalue weighted by molar-refractivity contribution is 0.0987. The van der Waals surface area contributed by atoms with Crippen LogP contribution in [0.5, 0.6) is 0 Å². The second kappa shape index (κ2) is 9.02. The van der Waals surface area contributed by atoms with Crippen LogP contribution >= 0.6 is 26.1 Å². The molecule has 2 heterocycles. The number of Topliss-reactive ketones (excluding diaryl/α,β-unsaturated/α-hetero) is 1. The van der Waals surface area contributed by atoms with Crippen LogP contribution in [0.2, 0.25) is 0 Å². The van der Waals surface area contributed by atoms with E-state index in [1.165, 1.54) is 12.1 Å². The zero-order valence-electron chi connectivity index (χ0n) is 18.7. The molecule has 0 amide bonds. The van der Waals surface area contributed by atoms with E-state index in [9.17, 15) is 13.6 Å². The van der Waals surface area contributed by atoms with Crippen molar-refractivity contribution in [1.29, 1.82) is 0 Å². The highest BCUT2D eigenvalue weighted by Gasteiger charge is 2.37. The van der Waals surface area contributed by atoms with Gasteiger partial charge in [0.05, 0.1) is 11.0 Å². The molecule has 3 rings (SSSR count). The van der Waals surface area contributed by atoms with E-state index < -0.39 is 21.8 Å². The molecule has 0 N–H and O–H groups in total. The summed E-state index contributed by atoms with van der Waals surface area (Å²) < 4.78 is 30.0. The molecule has 0 unspecified atom stereocenters. The van der Waals surface area contributed by atoms with Gasteiger partial charge in [-0.15, -0.1) is 0 Å². The Balaban J connectivity index is 2.07. The molecule has 0 aliphatic heterocycles. The Morgan fingerprint density at radius 1 is 1.00 bits per heavy atom. The molecule has 2 aromatic heterocycles.